The van der Waals surface area contributed by atoms with Gasteiger partial charge in [0.25, 0.3) is 0 Å². The maximum Gasteiger partial charge on any atom is 0.344 e. The topological polar surface area (TPSA) is 61.7 Å². The molecule has 3 aliphatic heterocycles. The van der Waals surface area contributed by atoms with Gasteiger partial charge >= 0.3 is 6.03 Å². The van der Waals surface area contributed by atoms with E-state index in [1.54, 1.807) is 12.3 Å². The number of hydrogen-bond donors (Lipinski definition) is 0. The lowest BCUT2D eigenvalue weighted by atomic mass is 9.78. The summed E-state index contributed by atoms with van der Waals surface area (Å²) in [6.07, 6.45) is 7.27. The van der Waals surface area contributed by atoms with Crippen LogP contribution in [0.2, 0.25) is 5.02 Å². The lowest BCUT2D eigenvalue weighted by molar-refractivity contribution is 0.101. The van der Waals surface area contributed by atoms with Crippen LogP contribution in [0.4, 0.5) is 10.5 Å². The van der Waals surface area contributed by atoms with Gasteiger partial charge in [0.1, 0.15) is 5.69 Å². The number of piperidine rings is 1. The van der Waals surface area contributed by atoms with E-state index in [0.29, 0.717) is 5.69 Å². The van der Waals surface area contributed by atoms with Crippen molar-refractivity contribution < 1.29 is 9.59 Å². The fourth-order valence-electron chi connectivity index (χ4n) is 5.62. The largest absolute Gasteiger partial charge is 0.370 e. The number of aromatic nitrogens is 2. The van der Waals surface area contributed by atoms with E-state index in [-0.39, 0.29) is 17.2 Å². The number of likely N-dealkylation sites (tertiary alicyclic amines) is 2. The number of amides is 1. The third-order valence-electron chi connectivity index (χ3n) is 7.62. The summed E-state index contributed by atoms with van der Waals surface area (Å²) in [5.74, 6) is -0.126. The number of nitrogens with zero attached hydrogens (tertiary/aromatic N) is 5. The molecule has 1 aromatic carbocycles. The van der Waals surface area contributed by atoms with Gasteiger partial charge in [0.15, 0.2) is 5.78 Å². The normalized spacial score (nSPS) is 20.7. The Hall–Kier alpha value is -2.38. The molecule has 2 aromatic rings. The molecule has 3 aliphatic rings. The van der Waals surface area contributed by atoms with Crippen LogP contribution in [-0.2, 0) is 6.54 Å². The SMILES string of the molecule is CC(=O)c1ccn(C(=O)N2CCC3(CCN(Cc4ccc(Cl)c(N5CCCC5)c4)C3)CC2)n1. The quantitative estimate of drug-likeness (QED) is 0.625. The van der Waals surface area contributed by atoms with Gasteiger partial charge in [0.05, 0.1) is 10.7 Å². The van der Waals surface area contributed by atoms with Crippen molar-refractivity contribution in [1.82, 2.24) is 19.6 Å². The van der Waals surface area contributed by atoms with Crippen LogP contribution in [0.5, 0.6) is 0 Å². The van der Waals surface area contributed by atoms with Crippen molar-refractivity contribution in [3.63, 3.8) is 0 Å². The number of rotatable bonds is 4. The Labute approximate surface area is 200 Å². The van der Waals surface area contributed by atoms with E-state index in [4.69, 9.17) is 11.6 Å². The first-order valence-electron chi connectivity index (χ1n) is 12.0. The average molecular weight is 470 g/mol. The molecule has 0 N–H and O–H groups in total. The Balaban J connectivity index is 1.17. The summed E-state index contributed by atoms with van der Waals surface area (Å²) in [5, 5.41) is 4.98. The van der Waals surface area contributed by atoms with Crippen LogP contribution in [0.15, 0.2) is 30.5 Å². The number of halogens is 1. The third kappa shape index (κ3) is 4.66. The van der Waals surface area contributed by atoms with Crippen LogP contribution in [0.3, 0.4) is 0 Å². The highest BCUT2D eigenvalue weighted by atomic mass is 35.5. The molecule has 1 spiro atoms. The van der Waals surface area contributed by atoms with Gasteiger partial charge in [-0.2, -0.15) is 9.78 Å². The van der Waals surface area contributed by atoms with Crippen LogP contribution in [0.1, 0.15) is 55.1 Å². The zero-order chi connectivity index (χ0) is 23.0. The van der Waals surface area contributed by atoms with Gasteiger partial charge in [-0.25, -0.2) is 4.79 Å². The van der Waals surface area contributed by atoms with Crippen molar-refractivity contribution in [2.24, 2.45) is 5.41 Å². The minimum absolute atomic E-state index is 0.126. The highest BCUT2D eigenvalue weighted by Gasteiger charge is 2.41. The van der Waals surface area contributed by atoms with E-state index in [1.165, 1.54) is 42.1 Å². The number of Topliss-reactive ketones (excluding diaryl/α,β-unsaturated/α-hetero) is 1. The molecule has 0 radical (unpaired) electrons. The molecule has 3 saturated heterocycles. The molecule has 1 amide bonds. The van der Waals surface area contributed by atoms with Gasteiger partial charge in [-0.3, -0.25) is 9.69 Å². The number of hydrogen-bond acceptors (Lipinski definition) is 5. The van der Waals surface area contributed by atoms with Gasteiger partial charge < -0.3 is 9.80 Å². The summed E-state index contributed by atoms with van der Waals surface area (Å²) in [4.78, 5) is 31.1. The molecular formula is C25H32ClN5O2. The predicted octanol–water partition coefficient (Wildman–Crippen LogP) is 4.30. The Morgan fingerprint density at radius 3 is 2.45 bits per heavy atom. The molecule has 0 unspecified atom stereocenters. The van der Waals surface area contributed by atoms with Crippen LogP contribution >= 0.6 is 11.6 Å². The molecular weight excluding hydrogens is 438 g/mol. The van der Waals surface area contributed by atoms with E-state index in [9.17, 15) is 9.59 Å². The summed E-state index contributed by atoms with van der Waals surface area (Å²) in [5.41, 5.74) is 3.12. The minimum atomic E-state index is -0.136. The number of benzene rings is 1. The molecule has 0 aliphatic carbocycles. The number of anilines is 1. The second-order valence-corrected chi connectivity index (χ2v) is 10.3. The van der Waals surface area contributed by atoms with E-state index in [1.807, 2.05) is 11.0 Å². The molecule has 3 fully saturated rings. The summed E-state index contributed by atoms with van der Waals surface area (Å²) >= 11 is 6.50. The third-order valence-corrected chi connectivity index (χ3v) is 7.94. The molecule has 176 valence electrons. The predicted molar refractivity (Wildman–Crippen MR) is 129 cm³/mol. The standard InChI is InChI=1S/C25H32ClN5O2/c1-19(32)22-6-12-31(27-22)24(33)30-14-8-25(9-15-30)7-13-28(18-25)17-20-4-5-21(26)23(16-20)29-10-2-3-11-29/h4-6,12,16H,2-3,7-11,13-15,17-18H2,1H3. The Kier molecular flexibility index (Phi) is 6.18. The highest BCUT2D eigenvalue weighted by molar-refractivity contribution is 6.33. The maximum absolute atomic E-state index is 12.8. The zero-order valence-electron chi connectivity index (χ0n) is 19.3. The van der Waals surface area contributed by atoms with Crippen molar-refractivity contribution in [1.29, 1.82) is 0 Å². The van der Waals surface area contributed by atoms with Crippen molar-refractivity contribution in [3.05, 3.63) is 46.7 Å². The first-order chi connectivity index (χ1) is 15.9. The molecule has 33 heavy (non-hydrogen) atoms. The molecule has 7 nitrogen and oxygen atoms in total. The fraction of sp³-hybridized carbons (Fsp3) is 0.560. The van der Waals surface area contributed by atoms with Crippen LogP contribution < -0.4 is 4.90 Å². The lowest BCUT2D eigenvalue weighted by Crippen LogP contribution is -2.45. The first-order valence-corrected chi connectivity index (χ1v) is 12.4. The van der Waals surface area contributed by atoms with Crippen LogP contribution in [-0.4, -0.2) is 70.7 Å². The molecule has 4 heterocycles. The van der Waals surface area contributed by atoms with E-state index in [2.05, 4.69) is 27.0 Å². The van der Waals surface area contributed by atoms with Gasteiger partial charge in [0, 0.05) is 52.4 Å². The summed E-state index contributed by atoms with van der Waals surface area (Å²) < 4.78 is 1.30. The van der Waals surface area contributed by atoms with Crippen molar-refractivity contribution in [3.8, 4) is 0 Å². The second-order valence-electron chi connectivity index (χ2n) is 9.91. The maximum atomic E-state index is 12.8. The fourth-order valence-corrected chi connectivity index (χ4v) is 5.86. The molecule has 8 heteroatoms. The smallest absolute Gasteiger partial charge is 0.344 e. The Morgan fingerprint density at radius 2 is 1.76 bits per heavy atom. The minimum Gasteiger partial charge on any atom is -0.370 e. The molecule has 1 aromatic heterocycles. The number of carbonyl (C=O) groups excluding carboxylic acids is 2. The van der Waals surface area contributed by atoms with E-state index in [0.717, 1.165) is 63.7 Å². The Morgan fingerprint density at radius 1 is 1.03 bits per heavy atom. The second kappa shape index (κ2) is 9.11. The summed E-state index contributed by atoms with van der Waals surface area (Å²) in [6.45, 7) is 8.25. The first kappa shape index (κ1) is 22.4. The van der Waals surface area contributed by atoms with Gasteiger partial charge in [-0.05, 0) is 67.8 Å². The Bertz CT molecular complexity index is 1040. The number of carbonyl (C=O) groups is 2. The van der Waals surface area contributed by atoms with E-state index < -0.39 is 0 Å². The van der Waals surface area contributed by atoms with Gasteiger partial charge in [0.2, 0.25) is 0 Å². The zero-order valence-corrected chi connectivity index (χ0v) is 20.1. The van der Waals surface area contributed by atoms with Crippen molar-refractivity contribution in [2.75, 3.05) is 44.2 Å². The monoisotopic (exact) mass is 469 g/mol. The van der Waals surface area contributed by atoms with Gasteiger partial charge in [-0.15, -0.1) is 0 Å². The lowest BCUT2D eigenvalue weighted by Gasteiger charge is -2.39. The number of ketones is 1. The summed E-state index contributed by atoms with van der Waals surface area (Å²) in [6, 6.07) is 7.95. The van der Waals surface area contributed by atoms with Gasteiger partial charge in [-0.1, -0.05) is 17.7 Å². The van der Waals surface area contributed by atoms with Crippen molar-refractivity contribution in [2.45, 2.75) is 45.6 Å². The molecule has 0 atom stereocenters. The summed E-state index contributed by atoms with van der Waals surface area (Å²) in [7, 11) is 0. The van der Waals surface area contributed by atoms with Crippen LogP contribution in [0.25, 0.3) is 0 Å². The van der Waals surface area contributed by atoms with Crippen LogP contribution in [0, 0.1) is 5.41 Å². The molecule has 5 rings (SSSR count). The molecule has 0 bridgehead atoms. The van der Waals surface area contributed by atoms with Crippen molar-refractivity contribution >= 4 is 29.1 Å². The molecule has 0 saturated carbocycles. The highest BCUT2D eigenvalue weighted by Crippen LogP contribution is 2.41. The average Bonchev–Trinajstić information content (AvgIpc) is 3.57. The van der Waals surface area contributed by atoms with E-state index >= 15 is 0 Å².